The number of nitrogens with one attached hydrogen (secondary N) is 2. The van der Waals surface area contributed by atoms with E-state index < -0.39 is 0 Å². The minimum Gasteiger partial charge on any atom is -0.377 e. The van der Waals surface area contributed by atoms with Crippen LogP contribution >= 0.6 is 39.9 Å². The molecule has 1 heterocycles. The molecule has 0 aliphatic carbocycles. The largest absolute Gasteiger partial charge is 0.377 e. The molecule has 0 atom stereocenters. The van der Waals surface area contributed by atoms with Gasteiger partial charge in [-0.2, -0.15) is 0 Å². The topological polar surface area (TPSA) is 45.7 Å². The minimum atomic E-state index is -0.156. The lowest BCUT2D eigenvalue weighted by Gasteiger charge is -2.15. The van der Waals surface area contributed by atoms with E-state index >= 15 is 0 Å². The molecule has 2 N–H and O–H groups in total. The highest BCUT2D eigenvalue weighted by Gasteiger charge is 2.05. The normalized spacial score (nSPS) is 14.5. The smallest absolute Gasteiger partial charge is 0.190 e. The van der Waals surface area contributed by atoms with E-state index in [9.17, 15) is 4.39 Å². The van der Waals surface area contributed by atoms with Crippen molar-refractivity contribution < 1.29 is 9.13 Å². The summed E-state index contributed by atoms with van der Waals surface area (Å²) < 4.78 is 19.8. The Morgan fingerprint density at radius 3 is 2.76 bits per heavy atom. The van der Waals surface area contributed by atoms with Crippen LogP contribution in [0.25, 0.3) is 0 Å². The second kappa shape index (κ2) is 12.6. The van der Waals surface area contributed by atoms with E-state index in [4.69, 9.17) is 4.74 Å². The Kier molecular flexibility index (Phi) is 11.3. The third kappa shape index (κ3) is 8.50. The van der Waals surface area contributed by atoms with Gasteiger partial charge < -0.3 is 15.4 Å². The molecule has 1 aliphatic heterocycles. The van der Waals surface area contributed by atoms with Gasteiger partial charge in [-0.25, -0.2) is 4.39 Å². The van der Waals surface area contributed by atoms with Crippen LogP contribution in [0.5, 0.6) is 0 Å². The van der Waals surface area contributed by atoms with Crippen LogP contribution in [0.2, 0.25) is 0 Å². The molecule has 2 rings (SSSR count). The number of hydrogen-bond donors (Lipinski definition) is 2. The molecular formula is C18H26BrFIN3O. The van der Waals surface area contributed by atoms with Gasteiger partial charge in [0.2, 0.25) is 0 Å². The zero-order chi connectivity index (χ0) is 17.2. The Labute approximate surface area is 174 Å². The summed E-state index contributed by atoms with van der Waals surface area (Å²) in [5.74, 6) is 0.635. The van der Waals surface area contributed by atoms with Gasteiger partial charge in [-0.3, -0.25) is 4.99 Å². The van der Waals surface area contributed by atoms with Gasteiger partial charge in [0.1, 0.15) is 5.82 Å². The number of aliphatic imine (C=N–C) groups is 1. The Bertz CT molecular complexity index is 596. The average molecular weight is 526 g/mol. The van der Waals surface area contributed by atoms with Crippen molar-refractivity contribution in [3.8, 4) is 0 Å². The van der Waals surface area contributed by atoms with Crippen molar-refractivity contribution in [3.63, 3.8) is 0 Å². The van der Waals surface area contributed by atoms with Crippen molar-refractivity contribution in [2.75, 3.05) is 33.4 Å². The second-order valence-electron chi connectivity index (χ2n) is 5.70. The maximum absolute atomic E-state index is 13.7. The predicted molar refractivity (Wildman–Crippen MR) is 115 cm³/mol. The van der Waals surface area contributed by atoms with E-state index in [2.05, 4.69) is 37.6 Å². The standard InChI is InChI=1S/C18H25BrFN3O.HI/c1-21-18(23-10-6-14-7-11-24-12-8-14)22-9-2-3-15-4-5-16(19)13-17(15)20;/h4-5,7,13H,2-3,6,8-12H2,1H3,(H2,21,22,23);1H. The van der Waals surface area contributed by atoms with Crippen LogP contribution in [0, 0.1) is 5.82 Å². The molecule has 0 unspecified atom stereocenters. The van der Waals surface area contributed by atoms with Gasteiger partial charge in [0.05, 0.1) is 13.2 Å². The van der Waals surface area contributed by atoms with Gasteiger partial charge in [-0.05, 0) is 43.4 Å². The van der Waals surface area contributed by atoms with Crippen molar-refractivity contribution in [1.82, 2.24) is 10.6 Å². The van der Waals surface area contributed by atoms with Crippen LogP contribution in [-0.2, 0) is 11.2 Å². The molecule has 7 heteroatoms. The maximum atomic E-state index is 13.7. The van der Waals surface area contributed by atoms with Gasteiger partial charge in [-0.1, -0.05) is 33.6 Å². The first-order chi connectivity index (χ1) is 11.7. The number of guanidine groups is 1. The van der Waals surface area contributed by atoms with E-state index in [0.29, 0.717) is 6.42 Å². The molecule has 0 bridgehead atoms. The van der Waals surface area contributed by atoms with Crippen molar-refractivity contribution in [3.05, 3.63) is 45.7 Å². The fraction of sp³-hybridized carbons (Fsp3) is 0.500. The number of halogens is 3. The number of rotatable bonds is 7. The van der Waals surface area contributed by atoms with Crippen LogP contribution in [0.3, 0.4) is 0 Å². The van der Waals surface area contributed by atoms with Crippen molar-refractivity contribution in [2.24, 2.45) is 4.99 Å². The third-order valence-corrected chi connectivity index (χ3v) is 4.44. The quantitative estimate of drug-likeness (QED) is 0.186. The van der Waals surface area contributed by atoms with Gasteiger partial charge in [-0.15, -0.1) is 24.0 Å². The molecule has 25 heavy (non-hydrogen) atoms. The van der Waals surface area contributed by atoms with E-state index in [1.54, 1.807) is 7.05 Å². The molecular weight excluding hydrogens is 500 g/mol. The Hall–Kier alpha value is -0.670. The summed E-state index contributed by atoms with van der Waals surface area (Å²) in [4.78, 5) is 4.21. The van der Waals surface area contributed by atoms with E-state index in [0.717, 1.165) is 61.6 Å². The molecule has 140 valence electrons. The van der Waals surface area contributed by atoms with Gasteiger partial charge in [0.15, 0.2) is 5.96 Å². The van der Waals surface area contributed by atoms with Crippen LogP contribution < -0.4 is 10.6 Å². The van der Waals surface area contributed by atoms with Crippen LogP contribution in [0.1, 0.15) is 24.8 Å². The SMILES string of the molecule is CN=C(NCCCc1ccc(Br)cc1F)NCCC1=CCOCC1.I. The zero-order valence-electron chi connectivity index (χ0n) is 14.5. The van der Waals surface area contributed by atoms with Crippen LogP contribution in [0.15, 0.2) is 39.3 Å². The summed E-state index contributed by atoms with van der Waals surface area (Å²) in [6.07, 6.45) is 5.74. The van der Waals surface area contributed by atoms with E-state index in [-0.39, 0.29) is 29.8 Å². The van der Waals surface area contributed by atoms with Crippen LogP contribution in [-0.4, -0.2) is 39.3 Å². The first kappa shape index (κ1) is 22.4. The molecule has 0 fully saturated rings. The average Bonchev–Trinajstić information content (AvgIpc) is 2.59. The molecule has 0 aromatic heterocycles. The first-order valence-corrected chi connectivity index (χ1v) is 9.12. The minimum absolute atomic E-state index is 0. The predicted octanol–water partition coefficient (Wildman–Crippen LogP) is 4.04. The Morgan fingerprint density at radius 1 is 1.28 bits per heavy atom. The molecule has 1 aromatic rings. The first-order valence-electron chi connectivity index (χ1n) is 8.33. The molecule has 0 saturated heterocycles. The fourth-order valence-corrected chi connectivity index (χ4v) is 2.90. The fourth-order valence-electron chi connectivity index (χ4n) is 2.56. The second-order valence-corrected chi connectivity index (χ2v) is 6.62. The maximum Gasteiger partial charge on any atom is 0.190 e. The monoisotopic (exact) mass is 525 g/mol. The molecule has 1 aliphatic rings. The number of aryl methyl sites for hydroxylation is 1. The van der Waals surface area contributed by atoms with Crippen molar-refractivity contribution in [1.29, 1.82) is 0 Å². The lowest BCUT2D eigenvalue weighted by atomic mass is 10.1. The number of ether oxygens (including phenoxy) is 1. The highest BCUT2D eigenvalue weighted by atomic mass is 127. The molecule has 0 radical (unpaired) electrons. The Morgan fingerprint density at radius 2 is 2.08 bits per heavy atom. The third-order valence-electron chi connectivity index (χ3n) is 3.95. The summed E-state index contributed by atoms with van der Waals surface area (Å²) in [7, 11) is 1.76. The van der Waals surface area contributed by atoms with Crippen molar-refractivity contribution >= 4 is 45.9 Å². The van der Waals surface area contributed by atoms with Crippen LogP contribution in [0.4, 0.5) is 4.39 Å². The zero-order valence-corrected chi connectivity index (χ0v) is 18.4. The molecule has 0 spiro atoms. The summed E-state index contributed by atoms with van der Waals surface area (Å²) in [5, 5.41) is 6.58. The lowest BCUT2D eigenvalue weighted by molar-refractivity contribution is 0.153. The van der Waals surface area contributed by atoms with E-state index in [1.165, 1.54) is 11.6 Å². The van der Waals surface area contributed by atoms with E-state index in [1.807, 2.05) is 12.1 Å². The molecule has 1 aromatic carbocycles. The molecule has 4 nitrogen and oxygen atoms in total. The molecule has 0 saturated carbocycles. The summed E-state index contributed by atoms with van der Waals surface area (Å²) >= 11 is 3.27. The van der Waals surface area contributed by atoms with Gasteiger partial charge in [0.25, 0.3) is 0 Å². The van der Waals surface area contributed by atoms with Gasteiger partial charge >= 0.3 is 0 Å². The van der Waals surface area contributed by atoms with Crippen molar-refractivity contribution in [2.45, 2.75) is 25.7 Å². The summed E-state index contributed by atoms with van der Waals surface area (Å²) in [6.45, 7) is 3.17. The molecule has 0 amide bonds. The van der Waals surface area contributed by atoms with Gasteiger partial charge in [0, 0.05) is 24.6 Å². The highest BCUT2D eigenvalue weighted by Crippen LogP contribution is 2.16. The number of benzene rings is 1. The summed E-state index contributed by atoms with van der Waals surface area (Å²) in [6, 6.07) is 5.21. The highest BCUT2D eigenvalue weighted by molar-refractivity contribution is 14.0. The lowest BCUT2D eigenvalue weighted by Crippen LogP contribution is -2.38. The number of hydrogen-bond acceptors (Lipinski definition) is 2. The number of nitrogens with zero attached hydrogens (tertiary/aromatic N) is 1. The Balaban J connectivity index is 0.00000312. The summed E-state index contributed by atoms with van der Waals surface area (Å²) in [5.41, 5.74) is 2.18.